The maximum absolute atomic E-state index is 13.6. The molecule has 0 radical (unpaired) electrons. The van der Waals surface area contributed by atoms with Gasteiger partial charge >= 0.3 is 0 Å². The summed E-state index contributed by atoms with van der Waals surface area (Å²) in [5.74, 6) is 0.526. The summed E-state index contributed by atoms with van der Waals surface area (Å²) in [4.78, 5) is 30.9. The van der Waals surface area contributed by atoms with Gasteiger partial charge in [0.15, 0.2) is 12.3 Å². The van der Waals surface area contributed by atoms with Gasteiger partial charge < -0.3 is 15.2 Å². The number of aromatic hydroxyl groups is 1. The standard InChI is InChI=1S/C30H26N6O4S/c1-18(20-9-12-23(37)13-10-20)33-35-25(21-11-14-26-24(15-21)31-27(38)16-40-26)17-41-30(35)32-28-19(2)34(3)36(29(28)39)22-7-5-4-6-8-22/h4-15,17,37H,16H2,1-3H3,(H,31,38). The maximum atomic E-state index is 13.6. The summed E-state index contributed by atoms with van der Waals surface area (Å²) < 4.78 is 10.6. The molecule has 3 heterocycles. The Bertz CT molecular complexity index is 1950. The Balaban J connectivity index is 1.55. The molecule has 206 valence electrons. The summed E-state index contributed by atoms with van der Waals surface area (Å²) in [6.45, 7) is 3.69. The zero-order valence-electron chi connectivity index (χ0n) is 22.5. The predicted molar refractivity (Wildman–Crippen MR) is 159 cm³/mol. The first-order valence-electron chi connectivity index (χ1n) is 12.8. The SMILES string of the molecule is CC(=Nn1c(-c2ccc3c(c2)NC(=O)CO3)csc1=Nc1c(C)n(C)n(-c2ccccc2)c1=O)c1ccc(O)cc1. The zero-order chi connectivity index (χ0) is 28.7. The third kappa shape index (κ3) is 4.87. The quantitative estimate of drug-likeness (QED) is 0.304. The van der Waals surface area contributed by atoms with Crippen LogP contribution in [0.3, 0.4) is 0 Å². The molecular weight excluding hydrogens is 540 g/mol. The molecule has 1 aliphatic rings. The fraction of sp³-hybridized carbons (Fsp3) is 0.133. The van der Waals surface area contributed by atoms with Gasteiger partial charge in [-0.15, -0.1) is 11.3 Å². The molecule has 1 aliphatic heterocycles. The zero-order valence-corrected chi connectivity index (χ0v) is 23.3. The number of rotatable bonds is 5. The summed E-state index contributed by atoms with van der Waals surface area (Å²) in [6, 6.07) is 21.7. The molecule has 6 rings (SSSR count). The summed E-state index contributed by atoms with van der Waals surface area (Å²) in [7, 11) is 1.83. The average molecular weight is 567 g/mol. The Hall–Kier alpha value is -5.16. The van der Waals surface area contributed by atoms with Crippen LogP contribution in [-0.4, -0.2) is 37.4 Å². The van der Waals surface area contributed by atoms with Crippen molar-refractivity contribution in [3.8, 4) is 28.4 Å². The first kappa shape index (κ1) is 26.1. The van der Waals surface area contributed by atoms with Crippen molar-refractivity contribution in [3.05, 3.63) is 105 Å². The van der Waals surface area contributed by atoms with Crippen LogP contribution in [0.2, 0.25) is 0 Å². The Morgan fingerprint density at radius 3 is 2.56 bits per heavy atom. The van der Waals surface area contributed by atoms with Crippen molar-refractivity contribution in [2.45, 2.75) is 13.8 Å². The summed E-state index contributed by atoms with van der Waals surface area (Å²) in [5.41, 5.74) is 5.05. The fourth-order valence-electron chi connectivity index (χ4n) is 4.60. The number of carbonyl (C=O) groups excluding carboxylic acids is 1. The molecular formula is C30H26N6O4S. The van der Waals surface area contributed by atoms with E-state index in [4.69, 9.17) is 14.8 Å². The molecule has 41 heavy (non-hydrogen) atoms. The highest BCUT2D eigenvalue weighted by Gasteiger charge is 2.20. The van der Waals surface area contributed by atoms with Crippen LogP contribution >= 0.6 is 11.3 Å². The van der Waals surface area contributed by atoms with Crippen molar-refractivity contribution >= 4 is 34.3 Å². The Kier molecular flexibility index (Phi) is 6.64. The van der Waals surface area contributed by atoms with Gasteiger partial charge in [0, 0.05) is 18.0 Å². The molecule has 5 aromatic rings. The van der Waals surface area contributed by atoms with Gasteiger partial charge in [-0.3, -0.25) is 14.3 Å². The number of amides is 1. The number of aromatic nitrogens is 3. The lowest BCUT2D eigenvalue weighted by atomic mass is 10.1. The third-order valence-corrected chi connectivity index (χ3v) is 7.68. The highest BCUT2D eigenvalue weighted by atomic mass is 32.1. The number of hydrogen-bond acceptors (Lipinski definition) is 7. The number of thiazole rings is 1. The van der Waals surface area contributed by atoms with E-state index in [1.165, 1.54) is 11.3 Å². The molecule has 11 heteroatoms. The fourth-order valence-corrected chi connectivity index (χ4v) is 5.44. The van der Waals surface area contributed by atoms with Gasteiger partial charge in [0.05, 0.1) is 28.5 Å². The van der Waals surface area contributed by atoms with E-state index >= 15 is 0 Å². The van der Waals surface area contributed by atoms with Crippen molar-refractivity contribution in [2.24, 2.45) is 17.1 Å². The molecule has 2 aromatic heterocycles. The van der Waals surface area contributed by atoms with E-state index < -0.39 is 0 Å². The number of anilines is 1. The number of phenolic OH excluding ortho intramolecular Hbond substituents is 1. The predicted octanol–water partition coefficient (Wildman–Crippen LogP) is 4.56. The lowest BCUT2D eigenvalue weighted by Gasteiger charge is -2.18. The minimum atomic E-state index is -0.245. The molecule has 0 unspecified atom stereocenters. The molecule has 0 bridgehead atoms. The van der Waals surface area contributed by atoms with Crippen LogP contribution in [0, 0.1) is 6.92 Å². The number of para-hydroxylation sites is 1. The number of nitrogens with zero attached hydrogens (tertiary/aromatic N) is 5. The molecule has 1 amide bonds. The number of ether oxygens (including phenoxy) is 1. The highest BCUT2D eigenvalue weighted by molar-refractivity contribution is 7.07. The molecule has 0 spiro atoms. The van der Waals surface area contributed by atoms with Crippen LogP contribution in [0.4, 0.5) is 11.4 Å². The summed E-state index contributed by atoms with van der Waals surface area (Å²) >= 11 is 1.34. The van der Waals surface area contributed by atoms with Gasteiger partial charge in [0.1, 0.15) is 11.5 Å². The Morgan fingerprint density at radius 2 is 1.80 bits per heavy atom. The first-order chi connectivity index (χ1) is 19.8. The number of benzene rings is 3. The molecule has 3 aromatic carbocycles. The van der Waals surface area contributed by atoms with Crippen molar-refractivity contribution < 1.29 is 14.6 Å². The van der Waals surface area contributed by atoms with Gasteiger partial charge in [-0.05, 0) is 74.0 Å². The average Bonchev–Trinajstić information content (AvgIpc) is 3.46. The van der Waals surface area contributed by atoms with Crippen molar-refractivity contribution in [1.82, 2.24) is 14.0 Å². The Morgan fingerprint density at radius 1 is 1.05 bits per heavy atom. The minimum absolute atomic E-state index is 0.0269. The second-order valence-corrected chi connectivity index (χ2v) is 10.4. The van der Waals surface area contributed by atoms with Crippen LogP contribution in [0.15, 0.2) is 93.1 Å². The van der Waals surface area contributed by atoms with E-state index in [-0.39, 0.29) is 23.8 Å². The molecule has 10 nitrogen and oxygen atoms in total. The summed E-state index contributed by atoms with van der Waals surface area (Å²) in [6.07, 6.45) is 0. The molecule has 0 saturated heterocycles. The second-order valence-electron chi connectivity index (χ2n) is 9.52. The van der Waals surface area contributed by atoms with Gasteiger partial charge in [-0.1, -0.05) is 18.2 Å². The summed E-state index contributed by atoms with van der Waals surface area (Å²) in [5, 5.41) is 19.4. The van der Waals surface area contributed by atoms with Crippen molar-refractivity contribution in [2.75, 3.05) is 11.9 Å². The number of fused-ring (bicyclic) bond motifs is 1. The highest BCUT2D eigenvalue weighted by Crippen LogP contribution is 2.33. The van der Waals surface area contributed by atoms with E-state index in [1.807, 2.05) is 68.7 Å². The van der Waals surface area contributed by atoms with Crippen LogP contribution in [0.25, 0.3) is 16.9 Å². The largest absolute Gasteiger partial charge is 0.508 e. The number of nitrogens with one attached hydrogen (secondary N) is 1. The van der Waals surface area contributed by atoms with Crippen molar-refractivity contribution in [1.29, 1.82) is 0 Å². The maximum Gasteiger partial charge on any atom is 0.297 e. The minimum Gasteiger partial charge on any atom is -0.508 e. The number of hydrogen-bond donors (Lipinski definition) is 2. The van der Waals surface area contributed by atoms with E-state index in [2.05, 4.69) is 5.32 Å². The normalized spacial score (nSPS) is 13.6. The Labute approximate surface area is 238 Å². The molecule has 0 fully saturated rings. The second kappa shape index (κ2) is 10.4. The third-order valence-electron chi connectivity index (χ3n) is 6.86. The van der Waals surface area contributed by atoms with Crippen molar-refractivity contribution in [3.63, 3.8) is 0 Å². The smallest absolute Gasteiger partial charge is 0.297 e. The molecule has 0 aliphatic carbocycles. The van der Waals surface area contributed by atoms with Crippen LogP contribution in [0.1, 0.15) is 18.2 Å². The van der Waals surface area contributed by atoms with E-state index in [0.717, 1.165) is 16.8 Å². The van der Waals surface area contributed by atoms with E-state index in [0.29, 0.717) is 39.0 Å². The van der Waals surface area contributed by atoms with Crippen LogP contribution in [-0.2, 0) is 11.8 Å². The molecule has 2 N–H and O–H groups in total. The van der Waals surface area contributed by atoms with Crippen LogP contribution in [0.5, 0.6) is 11.5 Å². The van der Waals surface area contributed by atoms with Crippen LogP contribution < -0.4 is 20.4 Å². The van der Waals surface area contributed by atoms with Gasteiger partial charge in [0.25, 0.3) is 11.5 Å². The van der Waals surface area contributed by atoms with E-state index in [9.17, 15) is 14.7 Å². The molecule has 0 saturated carbocycles. The topological polar surface area (TPSA) is 115 Å². The number of carbonyl (C=O) groups is 1. The van der Waals surface area contributed by atoms with Gasteiger partial charge in [0.2, 0.25) is 4.80 Å². The molecule has 0 atom stereocenters. The van der Waals surface area contributed by atoms with Gasteiger partial charge in [-0.2, -0.15) is 5.10 Å². The monoisotopic (exact) mass is 566 g/mol. The lowest BCUT2D eigenvalue weighted by molar-refractivity contribution is -0.118. The van der Waals surface area contributed by atoms with E-state index in [1.54, 1.807) is 44.4 Å². The number of phenols is 1. The van der Waals surface area contributed by atoms with Gasteiger partial charge in [-0.25, -0.2) is 14.4 Å². The lowest BCUT2D eigenvalue weighted by Crippen LogP contribution is -2.25. The first-order valence-corrected chi connectivity index (χ1v) is 13.7.